The first-order chi connectivity index (χ1) is 18.2. The number of rotatable bonds is 7. The van der Waals surface area contributed by atoms with Gasteiger partial charge in [0.25, 0.3) is 0 Å². The Bertz CT molecular complexity index is 1380. The van der Waals surface area contributed by atoms with E-state index in [0.717, 1.165) is 43.5 Å². The van der Waals surface area contributed by atoms with Gasteiger partial charge in [-0.25, -0.2) is 22.3 Å². The number of hydrogen-bond donors (Lipinski definition) is 2. The Labute approximate surface area is 221 Å². The number of aryl methyl sites for hydroxylation is 1. The first kappa shape index (κ1) is 26.2. The smallest absolute Gasteiger partial charge is 0.319 e. The Morgan fingerprint density at radius 1 is 1.16 bits per heavy atom. The van der Waals surface area contributed by atoms with E-state index in [2.05, 4.69) is 31.1 Å². The molecule has 0 unspecified atom stereocenters. The maximum absolute atomic E-state index is 13.3. The molecule has 38 heavy (non-hydrogen) atoms. The number of amides is 2. The molecule has 0 spiro atoms. The molecule has 2 saturated heterocycles. The number of halogens is 1. The summed E-state index contributed by atoms with van der Waals surface area (Å²) >= 11 is 0. The lowest BCUT2D eigenvalue weighted by Crippen LogP contribution is -2.47. The average Bonchev–Trinajstić information content (AvgIpc) is 3.42. The second kappa shape index (κ2) is 11.2. The molecule has 10 nitrogen and oxygen atoms in total. The molecule has 5 rings (SSSR count). The highest BCUT2D eigenvalue weighted by Gasteiger charge is 2.40. The van der Waals surface area contributed by atoms with Gasteiger partial charge in [-0.3, -0.25) is 0 Å². The normalized spacial score (nSPS) is 23.3. The summed E-state index contributed by atoms with van der Waals surface area (Å²) in [5.74, 6) is 0.563. The summed E-state index contributed by atoms with van der Waals surface area (Å²) in [6, 6.07) is 12.9. The van der Waals surface area contributed by atoms with Crippen molar-refractivity contribution in [2.45, 2.75) is 25.3 Å². The Kier molecular flexibility index (Phi) is 7.70. The van der Waals surface area contributed by atoms with Crippen molar-refractivity contribution >= 4 is 21.6 Å². The van der Waals surface area contributed by atoms with Crippen LogP contribution in [-0.2, 0) is 23.3 Å². The van der Waals surface area contributed by atoms with E-state index in [1.165, 1.54) is 16.8 Å². The first-order valence-electron chi connectivity index (χ1n) is 12.8. The molecule has 0 radical (unpaired) electrons. The van der Waals surface area contributed by atoms with Crippen molar-refractivity contribution < 1.29 is 17.6 Å². The monoisotopic (exact) mass is 541 g/mol. The molecule has 2 aromatic carbocycles. The zero-order chi connectivity index (χ0) is 26.7. The van der Waals surface area contributed by atoms with E-state index in [0.29, 0.717) is 24.0 Å². The summed E-state index contributed by atoms with van der Waals surface area (Å²) in [4.78, 5) is 15.2. The van der Waals surface area contributed by atoms with Crippen molar-refractivity contribution in [3.63, 3.8) is 0 Å². The minimum absolute atomic E-state index is 0.0612. The zero-order valence-electron chi connectivity index (χ0n) is 21.3. The molecule has 0 saturated carbocycles. The summed E-state index contributed by atoms with van der Waals surface area (Å²) in [5.41, 5.74) is 2.41. The molecule has 2 aliphatic heterocycles. The topological polar surface area (TPSA) is 122 Å². The molecule has 2 N–H and O–H groups in total. The standard InChI is InChI=1S/C26H32FN7O3S/c1-33-25(30-31-32-33)20-5-2-6-23(13-20)28-26(35)29-24-17-38(36,37)16-21(24)15-34-11-3-4-19(14-34)12-18-7-9-22(27)10-8-18/h2,5-10,13,19,21,24H,3-4,11-12,14-17H2,1H3,(H2,28,29,35)/t19-,21+,24+/m0/s1. The molecule has 2 fully saturated rings. The van der Waals surface area contributed by atoms with Crippen LogP contribution in [0, 0.1) is 17.7 Å². The van der Waals surface area contributed by atoms with Gasteiger partial charge in [0, 0.05) is 43.3 Å². The third-order valence-electron chi connectivity index (χ3n) is 7.32. The lowest BCUT2D eigenvalue weighted by molar-refractivity contribution is 0.148. The molecule has 202 valence electrons. The molecule has 2 amide bonds. The quantitative estimate of drug-likeness (QED) is 0.471. The number of carbonyl (C=O) groups is 1. The summed E-state index contributed by atoms with van der Waals surface area (Å²) < 4.78 is 39.9. The van der Waals surface area contributed by atoms with Gasteiger partial charge in [0.05, 0.1) is 11.5 Å². The fraction of sp³-hybridized carbons (Fsp3) is 0.462. The molecule has 0 aliphatic carbocycles. The third-order valence-corrected chi connectivity index (χ3v) is 9.12. The first-order valence-corrected chi connectivity index (χ1v) is 14.6. The minimum atomic E-state index is -3.25. The Balaban J connectivity index is 1.19. The Morgan fingerprint density at radius 2 is 1.97 bits per heavy atom. The average molecular weight is 542 g/mol. The maximum Gasteiger partial charge on any atom is 0.319 e. The third kappa shape index (κ3) is 6.54. The van der Waals surface area contributed by atoms with Gasteiger partial charge in [0.1, 0.15) is 5.82 Å². The SMILES string of the molecule is Cn1nnnc1-c1cccc(NC(=O)N[C@@H]2CS(=O)(=O)C[C@H]2CN2CCC[C@@H](Cc3ccc(F)cc3)C2)c1. The van der Waals surface area contributed by atoms with Crippen molar-refractivity contribution in [1.29, 1.82) is 0 Å². The van der Waals surface area contributed by atoms with Crippen LogP contribution in [0.25, 0.3) is 11.4 Å². The highest BCUT2D eigenvalue weighted by molar-refractivity contribution is 7.91. The summed E-state index contributed by atoms with van der Waals surface area (Å²) in [7, 11) is -1.52. The zero-order valence-corrected chi connectivity index (χ0v) is 22.1. The van der Waals surface area contributed by atoms with Gasteiger partial charge in [0.15, 0.2) is 15.7 Å². The predicted molar refractivity (Wildman–Crippen MR) is 142 cm³/mol. The number of nitrogens with zero attached hydrogens (tertiary/aromatic N) is 5. The Hall–Kier alpha value is -3.38. The van der Waals surface area contributed by atoms with Crippen LogP contribution in [0.4, 0.5) is 14.9 Å². The molecule has 3 aromatic rings. The van der Waals surface area contributed by atoms with Crippen molar-refractivity contribution in [3.05, 3.63) is 59.9 Å². The van der Waals surface area contributed by atoms with Crippen LogP contribution >= 0.6 is 0 Å². The van der Waals surface area contributed by atoms with E-state index in [9.17, 15) is 17.6 Å². The van der Waals surface area contributed by atoms with Gasteiger partial charge < -0.3 is 15.5 Å². The number of aromatic nitrogens is 4. The van der Waals surface area contributed by atoms with Gasteiger partial charge >= 0.3 is 6.03 Å². The fourth-order valence-corrected chi connectivity index (χ4v) is 7.60. The van der Waals surface area contributed by atoms with Crippen molar-refractivity contribution in [1.82, 2.24) is 30.4 Å². The maximum atomic E-state index is 13.3. The van der Waals surface area contributed by atoms with Crippen LogP contribution in [-0.4, -0.2) is 76.7 Å². The van der Waals surface area contributed by atoms with E-state index in [1.54, 1.807) is 25.2 Å². The van der Waals surface area contributed by atoms with Gasteiger partial charge in [0.2, 0.25) is 0 Å². The molecule has 3 atom stereocenters. The van der Waals surface area contributed by atoms with Crippen LogP contribution in [0.5, 0.6) is 0 Å². The van der Waals surface area contributed by atoms with Crippen LogP contribution in [0.2, 0.25) is 0 Å². The lowest BCUT2D eigenvalue weighted by Gasteiger charge is -2.35. The van der Waals surface area contributed by atoms with Crippen LogP contribution in [0.15, 0.2) is 48.5 Å². The highest BCUT2D eigenvalue weighted by atomic mass is 32.2. The van der Waals surface area contributed by atoms with E-state index in [-0.39, 0.29) is 23.2 Å². The number of anilines is 1. The van der Waals surface area contributed by atoms with Gasteiger partial charge in [-0.1, -0.05) is 24.3 Å². The number of benzene rings is 2. The van der Waals surface area contributed by atoms with E-state index in [4.69, 9.17) is 0 Å². The fourth-order valence-electron chi connectivity index (χ4n) is 5.57. The molecular formula is C26H32FN7O3S. The van der Waals surface area contributed by atoms with Gasteiger partial charge in [-0.15, -0.1) is 5.10 Å². The van der Waals surface area contributed by atoms with Gasteiger partial charge in [-0.2, -0.15) is 0 Å². The summed E-state index contributed by atoms with van der Waals surface area (Å²) in [6.45, 7) is 2.37. The molecular weight excluding hydrogens is 509 g/mol. The number of piperidine rings is 1. The van der Waals surface area contributed by atoms with Gasteiger partial charge in [-0.05, 0) is 72.0 Å². The number of sulfone groups is 1. The van der Waals surface area contributed by atoms with E-state index >= 15 is 0 Å². The second-order valence-electron chi connectivity index (χ2n) is 10.3. The van der Waals surface area contributed by atoms with E-state index in [1.807, 2.05) is 18.2 Å². The molecule has 1 aromatic heterocycles. The molecule has 2 aliphatic rings. The lowest BCUT2D eigenvalue weighted by atomic mass is 9.90. The van der Waals surface area contributed by atoms with Crippen LogP contribution in [0.3, 0.4) is 0 Å². The van der Waals surface area contributed by atoms with Crippen LogP contribution in [0.1, 0.15) is 18.4 Å². The molecule has 3 heterocycles. The summed E-state index contributed by atoms with van der Waals surface area (Å²) in [6.07, 6.45) is 2.99. The number of hydrogen-bond acceptors (Lipinski definition) is 7. The Morgan fingerprint density at radius 3 is 2.74 bits per heavy atom. The predicted octanol–water partition coefficient (Wildman–Crippen LogP) is 2.51. The largest absolute Gasteiger partial charge is 0.334 e. The molecule has 0 bridgehead atoms. The number of urea groups is 1. The number of carbonyl (C=O) groups excluding carboxylic acids is 1. The minimum Gasteiger partial charge on any atom is -0.334 e. The number of nitrogens with one attached hydrogen (secondary N) is 2. The number of likely N-dealkylation sites (tertiary alicyclic amines) is 1. The second-order valence-corrected chi connectivity index (χ2v) is 12.5. The highest BCUT2D eigenvalue weighted by Crippen LogP contribution is 2.26. The van der Waals surface area contributed by atoms with Crippen molar-refractivity contribution in [3.8, 4) is 11.4 Å². The van der Waals surface area contributed by atoms with Crippen molar-refractivity contribution in [2.24, 2.45) is 18.9 Å². The van der Waals surface area contributed by atoms with E-state index < -0.39 is 21.9 Å². The summed E-state index contributed by atoms with van der Waals surface area (Å²) in [5, 5.41) is 17.2. The molecule has 12 heteroatoms. The number of tetrazole rings is 1. The van der Waals surface area contributed by atoms with Crippen molar-refractivity contribution in [2.75, 3.05) is 36.5 Å². The van der Waals surface area contributed by atoms with Crippen LogP contribution < -0.4 is 10.6 Å².